The van der Waals surface area contributed by atoms with Gasteiger partial charge in [0.15, 0.2) is 16.8 Å². The van der Waals surface area contributed by atoms with E-state index in [1.165, 1.54) is 11.8 Å². The molecule has 7 nitrogen and oxygen atoms in total. The number of rotatable bonds is 7. The van der Waals surface area contributed by atoms with Crippen molar-refractivity contribution in [1.29, 1.82) is 0 Å². The van der Waals surface area contributed by atoms with E-state index in [1.54, 1.807) is 23.3 Å². The summed E-state index contributed by atoms with van der Waals surface area (Å²) in [5.74, 6) is 1.88. The van der Waals surface area contributed by atoms with E-state index in [9.17, 15) is 9.59 Å². The summed E-state index contributed by atoms with van der Waals surface area (Å²) in [6.07, 6.45) is 3.06. The molecule has 29 heavy (non-hydrogen) atoms. The Morgan fingerprint density at radius 3 is 2.83 bits per heavy atom. The third kappa shape index (κ3) is 3.85. The minimum Gasteiger partial charge on any atom is -0.469 e. The maximum atomic E-state index is 12.8. The molecule has 0 radical (unpaired) electrons. The van der Waals surface area contributed by atoms with Crippen LogP contribution in [0.25, 0.3) is 11.4 Å². The van der Waals surface area contributed by atoms with Gasteiger partial charge in [-0.25, -0.2) is 0 Å². The van der Waals surface area contributed by atoms with Crippen LogP contribution in [0.15, 0.2) is 46.2 Å². The van der Waals surface area contributed by atoms with E-state index in [2.05, 4.69) is 10.2 Å². The van der Waals surface area contributed by atoms with Gasteiger partial charge in [-0.05, 0) is 38.5 Å². The van der Waals surface area contributed by atoms with Crippen molar-refractivity contribution in [3.05, 3.63) is 47.9 Å². The predicted octanol–water partition coefficient (Wildman–Crippen LogP) is 3.97. The van der Waals surface area contributed by atoms with Crippen molar-refractivity contribution in [2.75, 3.05) is 17.2 Å². The van der Waals surface area contributed by atoms with Gasteiger partial charge in [-0.15, -0.1) is 10.2 Å². The molecule has 0 bridgehead atoms. The van der Waals surface area contributed by atoms with Gasteiger partial charge in [0.05, 0.1) is 17.6 Å². The van der Waals surface area contributed by atoms with E-state index in [-0.39, 0.29) is 17.4 Å². The van der Waals surface area contributed by atoms with Crippen LogP contribution in [0.1, 0.15) is 35.9 Å². The molecule has 2 aromatic heterocycles. The summed E-state index contributed by atoms with van der Waals surface area (Å²) in [6, 6.07) is 9.17. The van der Waals surface area contributed by atoms with Gasteiger partial charge in [0.1, 0.15) is 5.76 Å². The topological polar surface area (TPSA) is 81.2 Å². The van der Waals surface area contributed by atoms with Crippen LogP contribution < -0.4 is 4.90 Å². The first-order chi connectivity index (χ1) is 14.1. The summed E-state index contributed by atoms with van der Waals surface area (Å²) in [7, 11) is 0. The number of furan rings is 1. The first-order valence-electron chi connectivity index (χ1n) is 9.62. The van der Waals surface area contributed by atoms with E-state index in [1.807, 2.05) is 36.6 Å². The molecule has 4 rings (SSSR count). The van der Waals surface area contributed by atoms with Crippen LogP contribution in [0.5, 0.6) is 0 Å². The number of aromatic nitrogens is 3. The number of thioether (sulfide) groups is 1. The van der Waals surface area contributed by atoms with Crippen LogP contribution in [0.4, 0.5) is 5.69 Å². The zero-order valence-corrected chi connectivity index (χ0v) is 17.2. The average molecular weight is 410 g/mol. The van der Waals surface area contributed by atoms with Gasteiger partial charge < -0.3 is 13.9 Å². The Bertz CT molecular complexity index is 1060. The molecule has 0 saturated carbocycles. The minimum atomic E-state index is -0.00445. The van der Waals surface area contributed by atoms with Crippen LogP contribution in [0, 0.1) is 6.92 Å². The summed E-state index contributed by atoms with van der Waals surface area (Å²) in [6.45, 7) is 5.31. The van der Waals surface area contributed by atoms with Gasteiger partial charge in [-0.1, -0.05) is 23.9 Å². The molecule has 1 fully saturated rings. The molecule has 1 amide bonds. The Hall–Kier alpha value is -2.87. The van der Waals surface area contributed by atoms with Crippen molar-refractivity contribution in [1.82, 2.24) is 14.8 Å². The number of ketones is 1. The molecular formula is C21H22N4O3S. The Labute approximate surface area is 173 Å². The maximum Gasteiger partial charge on any atom is 0.227 e. The van der Waals surface area contributed by atoms with Crippen molar-refractivity contribution in [3.8, 4) is 11.4 Å². The number of nitrogens with zero attached hydrogens (tertiary/aromatic N) is 4. The number of carbonyl (C=O) groups excluding carboxylic acids is 2. The van der Waals surface area contributed by atoms with Gasteiger partial charge in [-0.2, -0.15) is 0 Å². The summed E-state index contributed by atoms with van der Waals surface area (Å²) >= 11 is 1.37. The Balaban J connectivity index is 1.49. The molecule has 1 aliphatic heterocycles. The zero-order valence-electron chi connectivity index (χ0n) is 16.4. The van der Waals surface area contributed by atoms with Gasteiger partial charge in [0, 0.05) is 30.8 Å². The largest absolute Gasteiger partial charge is 0.469 e. The molecular weight excluding hydrogens is 388 g/mol. The molecule has 3 aromatic rings. The summed E-state index contributed by atoms with van der Waals surface area (Å²) in [4.78, 5) is 26.5. The fraction of sp³-hybridized carbons (Fsp3) is 0.333. The van der Waals surface area contributed by atoms with E-state index >= 15 is 0 Å². The molecule has 0 aliphatic carbocycles. The highest BCUT2D eigenvalue weighted by Gasteiger charge is 2.23. The number of amides is 1. The number of Topliss-reactive ketones (excluding diaryl/α,β-unsaturated/α-hetero) is 1. The maximum absolute atomic E-state index is 12.8. The van der Waals surface area contributed by atoms with E-state index in [0.29, 0.717) is 30.2 Å². The molecule has 1 aliphatic rings. The highest BCUT2D eigenvalue weighted by atomic mass is 32.2. The number of hydrogen-bond donors (Lipinski definition) is 0. The second-order valence-corrected chi connectivity index (χ2v) is 7.79. The van der Waals surface area contributed by atoms with Gasteiger partial charge >= 0.3 is 0 Å². The predicted molar refractivity (Wildman–Crippen MR) is 111 cm³/mol. The highest BCUT2D eigenvalue weighted by Crippen LogP contribution is 2.28. The quantitative estimate of drug-likeness (QED) is 0.433. The summed E-state index contributed by atoms with van der Waals surface area (Å²) < 4.78 is 7.36. The van der Waals surface area contributed by atoms with Crippen LogP contribution in [-0.2, 0) is 11.3 Å². The van der Waals surface area contributed by atoms with Crippen LogP contribution in [-0.4, -0.2) is 38.8 Å². The molecule has 0 spiro atoms. The Morgan fingerprint density at radius 1 is 1.28 bits per heavy atom. The lowest BCUT2D eigenvalue weighted by molar-refractivity contribution is -0.117. The van der Waals surface area contributed by atoms with Crippen molar-refractivity contribution in [2.24, 2.45) is 0 Å². The SMILES string of the molecule is CCn1c(SCC(=O)c2cccc(N3CCCC3=O)c2)nnc1-c1ccoc1C. The standard InChI is InChI=1S/C21H22N4O3S/c1-3-24-20(17-9-11-28-14(17)2)22-23-21(24)29-13-18(26)15-6-4-7-16(12-15)25-10-5-8-19(25)27/h4,6-7,9,11-12H,3,5,8,10,13H2,1-2H3. The number of hydrogen-bond acceptors (Lipinski definition) is 6. The molecule has 3 heterocycles. The smallest absolute Gasteiger partial charge is 0.227 e. The first kappa shape index (κ1) is 19.4. The summed E-state index contributed by atoms with van der Waals surface area (Å²) in [5, 5.41) is 9.26. The number of carbonyl (C=O) groups is 2. The van der Waals surface area contributed by atoms with Crippen molar-refractivity contribution < 1.29 is 14.0 Å². The molecule has 150 valence electrons. The van der Waals surface area contributed by atoms with Crippen molar-refractivity contribution in [2.45, 2.75) is 38.4 Å². The third-order valence-electron chi connectivity index (χ3n) is 5.02. The molecule has 1 aromatic carbocycles. The van der Waals surface area contributed by atoms with Crippen LogP contribution in [0.3, 0.4) is 0 Å². The van der Waals surface area contributed by atoms with Crippen molar-refractivity contribution >= 4 is 29.1 Å². The van der Waals surface area contributed by atoms with Crippen LogP contribution >= 0.6 is 11.8 Å². The minimum absolute atomic E-state index is 0.00445. The molecule has 1 saturated heterocycles. The number of aryl methyl sites for hydroxylation is 1. The van der Waals surface area contributed by atoms with E-state index in [0.717, 1.165) is 29.3 Å². The van der Waals surface area contributed by atoms with Crippen molar-refractivity contribution in [3.63, 3.8) is 0 Å². The monoisotopic (exact) mass is 410 g/mol. The highest BCUT2D eigenvalue weighted by molar-refractivity contribution is 7.99. The lowest BCUT2D eigenvalue weighted by atomic mass is 10.1. The van der Waals surface area contributed by atoms with E-state index < -0.39 is 0 Å². The lowest BCUT2D eigenvalue weighted by Crippen LogP contribution is -2.23. The zero-order chi connectivity index (χ0) is 20.4. The first-order valence-corrected chi connectivity index (χ1v) is 10.6. The second-order valence-electron chi connectivity index (χ2n) is 6.85. The van der Waals surface area contributed by atoms with Gasteiger partial charge in [-0.3, -0.25) is 9.59 Å². The average Bonchev–Trinajstić information content (AvgIpc) is 3.45. The normalized spacial score (nSPS) is 14.0. The summed E-state index contributed by atoms with van der Waals surface area (Å²) in [5.41, 5.74) is 2.29. The van der Waals surface area contributed by atoms with E-state index in [4.69, 9.17) is 4.42 Å². The fourth-order valence-electron chi connectivity index (χ4n) is 3.48. The molecule has 0 unspecified atom stereocenters. The second kappa shape index (κ2) is 8.24. The Kier molecular flexibility index (Phi) is 5.53. The third-order valence-corrected chi connectivity index (χ3v) is 5.99. The van der Waals surface area contributed by atoms with Gasteiger partial charge in [0.2, 0.25) is 5.91 Å². The van der Waals surface area contributed by atoms with Gasteiger partial charge in [0.25, 0.3) is 0 Å². The Morgan fingerprint density at radius 2 is 2.14 bits per heavy atom. The lowest BCUT2D eigenvalue weighted by Gasteiger charge is -2.16. The molecule has 0 atom stereocenters. The molecule has 8 heteroatoms. The number of anilines is 1. The molecule has 0 N–H and O–H groups in total. The fourth-order valence-corrected chi connectivity index (χ4v) is 4.38. The number of benzene rings is 1. The van der Waals surface area contributed by atoms with Crippen LogP contribution in [0.2, 0.25) is 0 Å².